The van der Waals surface area contributed by atoms with E-state index in [-0.39, 0.29) is 61.6 Å². The van der Waals surface area contributed by atoms with Gasteiger partial charge in [-0.05, 0) is 97.6 Å². The molecular weight excluding hydrogens is 1180 g/mol. The summed E-state index contributed by atoms with van der Waals surface area (Å²) in [4.78, 5) is 94.8. The number of ketones is 3. The highest BCUT2D eigenvalue weighted by molar-refractivity contribution is 6.13. The van der Waals surface area contributed by atoms with Gasteiger partial charge in [-0.15, -0.1) is 0 Å². The van der Waals surface area contributed by atoms with E-state index in [4.69, 9.17) is 21.6 Å². The second kappa shape index (κ2) is 40.5. The largest absolute Gasteiger partial charge is 0.468 e. The van der Waals surface area contributed by atoms with Crippen LogP contribution in [0, 0.1) is 33.5 Å². The Morgan fingerprint density at radius 1 is 0.602 bits per heavy atom. The van der Waals surface area contributed by atoms with Crippen molar-refractivity contribution in [1.29, 1.82) is 5.41 Å². The van der Waals surface area contributed by atoms with Crippen molar-refractivity contribution in [2.45, 2.75) is 120 Å². The standard InChI is InChI=1S/C16H21N3O.C16H21NO3.C8H13N3O.2C8H11N.C7H10O3.C6H10O3.CH4N2.CH4.H2/c1-12(13-7-5-4-6-8-13)19-10-9-14-16(2,11-19)15(20)18(3)17-14;1-12(13-7-5-4-6-8-13)17-10-9-14(18)16(2,11-17)15(19)20-3;1-8-5-9-4-3-6(8)10-11(2)7(8)12;2*1-7(9)8-5-3-2-4-6-8;1-4-6(8)5(2)7(9)10-3;1-4(5(2)7)6(8)9-3;2-1-3;;/h2*4-8,12H,9-11H2,1-3H3;9H,3-5H2,1-2H3;2*2-7H,9H2,1H3;4-5H,1H2,2-3H3;4H,1-3H3;1H,(H3,2,3);1H4;1H. The molecule has 4 aromatic rings. The number of piperidine rings is 3. The number of nitrogens with zero attached hydrogens (tertiary/aromatic N) is 6. The lowest BCUT2D eigenvalue weighted by Crippen LogP contribution is -2.52. The first-order valence-electron chi connectivity index (χ1n) is 30.7. The summed E-state index contributed by atoms with van der Waals surface area (Å²) in [7, 11) is 7.32. The Morgan fingerprint density at radius 3 is 1.31 bits per heavy atom. The molecule has 0 bridgehead atoms. The Hall–Kier alpha value is -8.41. The first-order valence-corrected chi connectivity index (χ1v) is 30.7. The van der Waals surface area contributed by atoms with Gasteiger partial charge in [-0.2, -0.15) is 10.2 Å². The number of amides is 2. The molecule has 3 fully saturated rings. The van der Waals surface area contributed by atoms with E-state index in [1.807, 2.05) is 113 Å². The molecule has 0 aromatic heterocycles. The lowest BCUT2D eigenvalue weighted by Gasteiger charge is -2.40. The number of fused-ring (bicyclic) bond motifs is 2. The van der Waals surface area contributed by atoms with E-state index in [2.05, 4.69) is 97.4 Å². The van der Waals surface area contributed by atoms with Crippen LogP contribution in [-0.2, 0) is 52.6 Å². The summed E-state index contributed by atoms with van der Waals surface area (Å²) >= 11 is 0. The number of esters is 3. The molecule has 2 amide bonds. The fourth-order valence-electron chi connectivity index (χ4n) is 10.3. The minimum Gasteiger partial charge on any atom is -0.468 e. The van der Waals surface area contributed by atoms with Gasteiger partial charge in [-0.3, -0.25) is 53.6 Å². The first-order chi connectivity index (χ1) is 43.4. The van der Waals surface area contributed by atoms with E-state index < -0.39 is 40.6 Å². The van der Waals surface area contributed by atoms with Crippen molar-refractivity contribution >= 4 is 64.8 Å². The van der Waals surface area contributed by atoms with Crippen LogP contribution >= 0.6 is 0 Å². The lowest BCUT2D eigenvalue weighted by molar-refractivity contribution is -0.161. The Labute approximate surface area is 553 Å². The predicted octanol–water partition coefficient (Wildman–Crippen LogP) is 9.09. The van der Waals surface area contributed by atoms with Gasteiger partial charge in [0.25, 0.3) is 11.8 Å². The summed E-state index contributed by atoms with van der Waals surface area (Å²) in [6, 6.07) is 41.5. The highest BCUT2D eigenvalue weighted by Crippen LogP contribution is 2.38. The SMILES string of the molecule is C.C=CC(=O)C(C)C(=O)OC.CC(N)c1ccccc1.CC(N)c1ccccc1.CC(c1ccccc1)N1CCC2=NN(C)C(=O)C2(C)C1.CN1N=C2CCNCC2(C)C1=O.COC(=O)C(C)C(C)=O.COC(=O)C1(C)CN(C(C)c2ccccc2)CCC1=O.N=CN.[HH]. The van der Waals surface area contributed by atoms with Gasteiger partial charge < -0.3 is 36.7 Å². The number of nitrogens with one attached hydrogen (secondary N) is 2. The summed E-state index contributed by atoms with van der Waals surface area (Å²) in [6.45, 7) is 26.0. The van der Waals surface area contributed by atoms with E-state index in [0.717, 1.165) is 62.9 Å². The highest BCUT2D eigenvalue weighted by atomic mass is 16.5. The molecule has 8 N–H and O–H groups in total. The summed E-state index contributed by atoms with van der Waals surface area (Å²) in [5.41, 5.74) is 20.7. The van der Waals surface area contributed by atoms with Crippen LogP contribution in [0.3, 0.4) is 0 Å². The molecule has 3 saturated heterocycles. The monoisotopic (exact) mass is 1290 g/mol. The number of rotatable bonds is 12. The minimum absolute atomic E-state index is 0. The van der Waals surface area contributed by atoms with Gasteiger partial charge in [0, 0.05) is 98.2 Å². The van der Waals surface area contributed by atoms with Gasteiger partial charge >= 0.3 is 17.9 Å². The van der Waals surface area contributed by atoms with Crippen molar-refractivity contribution in [2.75, 3.05) is 74.7 Å². The molecule has 22 nitrogen and oxygen atoms in total. The van der Waals surface area contributed by atoms with Gasteiger partial charge in [-0.1, -0.05) is 135 Å². The number of nitrogens with two attached hydrogens (primary N) is 3. The van der Waals surface area contributed by atoms with Crippen LogP contribution < -0.4 is 22.5 Å². The number of carbonyl (C=O) groups excluding carboxylic acids is 8. The molecule has 93 heavy (non-hydrogen) atoms. The first kappa shape index (κ1) is 82.6. The van der Waals surface area contributed by atoms with Crippen LogP contribution in [0.25, 0.3) is 0 Å². The number of hydrogen-bond donors (Lipinski definition) is 5. The van der Waals surface area contributed by atoms with E-state index in [0.29, 0.717) is 25.6 Å². The van der Waals surface area contributed by atoms with Crippen molar-refractivity contribution in [1.82, 2.24) is 25.1 Å². The number of likely N-dealkylation sites (tertiary alicyclic amines) is 2. The van der Waals surface area contributed by atoms with Crippen molar-refractivity contribution in [3.05, 3.63) is 156 Å². The number of benzene rings is 4. The number of hydrazone groups is 2. The average molecular weight is 1290 g/mol. The normalized spacial score (nSPS) is 21.2. The van der Waals surface area contributed by atoms with Crippen molar-refractivity contribution < 1.29 is 54.0 Å². The van der Waals surface area contributed by atoms with Gasteiger partial charge in [0.05, 0.1) is 39.1 Å². The topological polar surface area (TPSA) is 316 Å². The number of methoxy groups -OCH3 is 3. The maximum Gasteiger partial charge on any atom is 0.320 e. The fourth-order valence-corrected chi connectivity index (χ4v) is 10.3. The molecule has 5 aliphatic heterocycles. The molecule has 5 heterocycles. The number of Topliss-reactive ketones (excluding diaryl/α,β-unsaturated/α-hetero) is 2. The molecule has 5 aliphatic rings. The highest BCUT2D eigenvalue weighted by Gasteiger charge is 2.50. The molecule has 9 atom stereocenters. The molecule has 0 spiro atoms. The molecule has 512 valence electrons. The van der Waals surface area contributed by atoms with E-state index >= 15 is 0 Å². The summed E-state index contributed by atoms with van der Waals surface area (Å²) < 4.78 is 13.5. The van der Waals surface area contributed by atoms with E-state index in [1.54, 1.807) is 21.0 Å². The fraction of sp³-hybridized carbons (Fsp3) is 0.479. The quantitative estimate of drug-likeness (QED) is 0.0220. The molecule has 9 unspecified atom stereocenters. The third kappa shape index (κ3) is 24.2. The van der Waals surface area contributed by atoms with Crippen LogP contribution in [0.5, 0.6) is 0 Å². The Morgan fingerprint density at radius 2 is 0.968 bits per heavy atom. The molecule has 0 saturated carbocycles. The number of allylic oxidation sites excluding steroid dienone is 1. The zero-order valence-electron chi connectivity index (χ0n) is 56.6. The van der Waals surface area contributed by atoms with Gasteiger partial charge in [-0.25, -0.2) is 10.0 Å². The second-order valence-electron chi connectivity index (χ2n) is 23.5. The summed E-state index contributed by atoms with van der Waals surface area (Å²) in [5.74, 6) is -3.03. The van der Waals surface area contributed by atoms with Crippen LogP contribution in [-0.4, -0.2) is 159 Å². The van der Waals surface area contributed by atoms with Gasteiger partial charge in [0.15, 0.2) is 11.6 Å². The van der Waals surface area contributed by atoms with Crippen LogP contribution in [0.4, 0.5) is 0 Å². The molecule has 4 aromatic carbocycles. The molecule has 0 aliphatic carbocycles. The molecule has 22 heteroatoms. The van der Waals surface area contributed by atoms with E-state index in [1.165, 1.54) is 74.4 Å². The van der Waals surface area contributed by atoms with E-state index in [9.17, 15) is 38.4 Å². The predicted molar refractivity (Wildman–Crippen MR) is 369 cm³/mol. The van der Waals surface area contributed by atoms with Crippen LogP contribution in [0.15, 0.2) is 144 Å². The Balaban J connectivity index is 0.00000109. The van der Waals surface area contributed by atoms with Gasteiger partial charge in [0.1, 0.15) is 33.9 Å². The number of carbonyl (C=O) groups is 8. The Bertz CT molecular complexity index is 3000. The zero-order chi connectivity index (χ0) is 69.5. The van der Waals surface area contributed by atoms with Crippen molar-refractivity contribution in [2.24, 2.45) is 55.5 Å². The lowest BCUT2D eigenvalue weighted by atomic mass is 9.79. The van der Waals surface area contributed by atoms with Crippen LogP contribution in [0.1, 0.15) is 144 Å². The smallest absolute Gasteiger partial charge is 0.320 e. The summed E-state index contributed by atoms with van der Waals surface area (Å²) in [6.07, 6.45) is 4.03. The van der Waals surface area contributed by atoms with Crippen molar-refractivity contribution in [3.8, 4) is 0 Å². The maximum atomic E-state index is 12.4. The molecular formula is C71H107N11O11. The number of ether oxygens (including phenoxy) is 3. The number of hydrogen-bond acceptors (Lipinski definition) is 19. The third-order valence-corrected chi connectivity index (χ3v) is 16.6. The van der Waals surface area contributed by atoms with Gasteiger partial charge in [0.2, 0.25) is 0 Å². The Kier molecular flexibility index (Phi) is 36.0. The average Bonchev–Trinajstić information content (AvgIpc) is 1.57. The molecule has 9 rings (SSSR count). The molecule has 0 radical (unpaired) electrons. The maximum absolute atomic E-state index is 12.4. The second-order valence-corrected chi connectivity index (χ2v) is 23.5. The third-order valence-electron chi connectivity index (χ3n) is 16.6. The van der Waals surface area contributed by atoms with Crippen LogP contribution in [0.2, 0.25) is 0 Å². The zero-order valence-corrected chi connectivity index (χ0v) is 56.6. The minimum atomic E-state index is -1.05. The van der Waals surface area contributed by atoms with Crippen molar-refractivity contribution in [3.63, 3.8) is 0 Å². The summed E-state index contributed by atoms with van der Waals surface area (Å²) in [5, 5.41) is 20.7.